The molecule has 1 heterocycles. The van der Waals surface area contributed by atoms with Crippen molar-refractivity contribution in [2.24, 2.45) is 0 Å². The van der Waals surface area contributed by atoms with Crippen LogP contribution in [0.3, 0.4) is 0 Å². The third-order valence-electron chi connectivity index (χ3n) is 4.36. The number of nitrogens with zero attached hydrogens (tertiary/aromatic N) is 1. The summed E-state index contributed by atoms with van der Waals surface area (Å²) in [4.78, 5) is 24.6. The van der Waals surface area contributed by atoms with Gasteiger partial charge in [-0.05, 0) is 54.8 Å². The molecular formula is C21H19FN2O2. The standard InChI is InChI=1S/C21H19FN2O2/c1-14-4-3-5-19(15(14)2)23-21(26)17-8-11-20(25)24(13-17)12-16-6-9-18(22)10-7-16/h3-11,13H,12H2,1-2H3,(H,23,26). The molecule has 0 aliphatic carbocycles. The Morgan fingerprint density at radius 3 is 2.50 bits per heavy atom. The van der Waals surface area contributed by atoms with Gasteiger partial charge in [0, 0.05) is 18.0 Å². The van der Waals surface area contributed by atoms with Gasteiger partial charge in [0.15, 0.2) is 0 Å². The molecule has 0 fully saturated rings. The van der Waals surface area contributed by atoms with E-state index in [0.29, 0.717) is 5.56 Å². The van der Waals surface area contributed by atoms with Gasteiger partial charge in [-0.1, -0.05) is 24.3 Å². The van der Waals surface area contributed by atoms with Crippen LogP contribution in [0.25, 0.3) is 0 Å². The highest BCUT2D eigenvalue weighted by atomic mass is 19.1. The van der Waals surface area contributed by atoms with E-state index in [9.17, 15) is 14.0 Å². The molecule has 0 bridgehead atoms. The van der Waals surface area contributed by atoms with Gasteiger partial charge in [-0.2, -0.15) is 0 Å². The van der Waals surface area contributed by atoms with Crippen molar-refractivity contribution >= 4 is 11.6 Å². The number of benzene rings is 2. The van der Waals surface area contributed by atoms with Crippen LogP contribution in [0, 0.1) is 19.7 Å². The Labute approximate surface area is 150 Å². The lowest BCUT2D eigenvalue weighted by atomic mass is 10.1. The summed E-state index contributed by atoms with van der Waals surface area (Å²) in [5.41, 5.74) is 3.77. The van der Waals surface area contributed by atoms with Crippen molar-refractivity contribution in [1.29, 1.82) is 0 Å². The summed E-state index contributed by atoms with van der Waals surface area (Å²) >= 11 is 0. The molecule has 1 amide bonds. The lowest BCUT2D eigenvalue weighted by Crippen LogP contribution is -2.22. The fraction of sp³-hybridized carbons (Fsp3) is 0.143. The number of hydrogen-bond donors (Lipinski definition) is 1. The summed E-state index contributed by atoms with van der Waals surface area (Å²) < 4.78 is 14.5. The van der Waals surface area contributed by atoms with E-state index in [4.69, 9.17) is 0 Å². The van der Waals surface area contributed by atoms with E-state index in [1.807, 2.05) is 32.0 Å². The van der Waals surface area contributed by atoms with Gasteiger partial charge in [0.2, 0.25) is 0 Å². The summed E-state index contributed by atoms with van der Waals surface area (Å²) in [6.45, 7) is 4.19. The molecule has 5 heteroatoms. The number of carbonyl (C=O) groups excluding carboxylic acids is 1. The van der Waals surface area contributed by atoms with Gasteiger partial charge in [-0.15, -0.1) is 0 Å². The van der Waals surface area contributed by atoms with E-state index in [-0.39, 0.29) is 23.8 Å². The largest absolute Gasteiger partial charge is 0.322 e. The van der Waals surface area contributed by atoms with Gasteiger partial charge in [0.1, 0.15) is 5.82 Å². The van der Waals surface area contributed by atoms with Crippen LogP contribution in [0.5, 0.6) is 0 Å². The molecule has 0 saturated carbocycles. The molecule has 0 aliphatic rings. The number of anilines is 1. The van der Waals surface area contributed by atoms with Crippen LogP contribution in [0.2, 0.25) is 0 Å². The molecule has 0 radical (unpaired) electrons. The van der Waals surface area contributed by atoms with Crippen LogP contribution in [-0.2, 0) is 6.54 Å². The minimum absolute atomic E-state index is 0.224. The smallest absolute Gasteiger partial charge is 0.257 e. The molecule has 0 atom stereocenters. The van der Waals surface area contributed by atoms with Crippen molar-refractivity contribution in [2.75, 3.05) is 5.32 Å². The summed E-state index contributed by atoms with van der Waals surface area (Å²) in [5.74, 6) is -0.616. The van der Waals surface area contributed by atoms with Crippen LogP contribution in [0.1, 0.15) is 27.0 Å². The number of aryl methyl sites for hydroxylation is 1. The van der Waals surface area contributed by atoms with Crippen molar-refractivity contribution in [1.82, 2.24) is 4.57 Å². The third-order valence-corrected chi connectivity index (χ3v) is 4.36. The van der Waals surface area contributed by atoms with Crippen molar-refractivity contribution in [3.8, 4) is 0 Å². The summed E-state index contributed by atoms with van der Waals surface area (Å²) in [6.07, 6.45) is 1.52. The first-order valence-electron chi connectivity index (χ1n) is 8.26. The molecule has 0 spiro atoms. The molecule has 2 aromatic carbocycles. The zero-order valence-electron chi connectivity index (χ0n) is 14.6. The summed E-state index contributed by atoms with van der Waals surface area (Å²) in [7, 11) is 0. The Kier molecular flexibility index (Phi) is 4.98. The number of nitrogens with one attached hydrogen (secondary N) is 1. The first kappa shape index (κ1) is 17.6. The Hall–Kier alpha value is -3.21. The average molecular weight is 350 g/mol. The highest BCUT2D eigenvalue weighted by Gasteiger charge is 2.10. The summed E-state index contributed by atoms with van der Waals surface area (Å²) in [6, 6.07) is 14.5. The van der Waals surface area contributed by atoms with Crippen LogP contribution in [-0.4, -0.2) is 10.5 Å². The zero-order chi connectivity index (χ0) is 18.7. The number of aromatic nitrogens is 1. The number of carbonyl (C=O) groups is 1. The summed E-state index contributed by atoms with van der Waals surface area (Å²) in [5, 5.41) is 2.88. The van der Waals surface area contributed by atoms with Crippen molar-refractivity contribution in [3.05, 3.63) is 99.2 Å². The van der Waals surface area contributed by atoms with Crippen molar-refractivity contribution in [3.63, 3.8) is 0 Å². The lowest BCUT2D eigenvalue weighted by Gasteiger charge is -2.12. The molecule has 0 saturated heterocycles. The third kappa shape index (κ3) is 3.88. The fourth-order valence-electron chi connectivity index (χ4n) is 2.66. The predicted octanol–water partition coefficient (Wildman–Crippen LogP) is 3.90. The van der Waals surface area contributed by atoms with Gasteiger partial charge in [-0.25, -0.2) is 4.39 Å². The van der Waals surface area contributed by atoms with Crippen LogP contribution in [0.4, 0.5) is 10.1 Å². The molecule has 26 heavy (non-hydrogen) atoms. The quantitative estimate of drug-likeness (QED) is 0.776. The van der Waals surface area contributed by atoms with E-state index in [2.05, 4.69) is 5.32 Å². The number of halogens is 1. The number of pyridine rings is 1. The monoisotopic (exact) mass is 350 g/mol. The Bertz CT molecular complexity index is 1010. The predicted molar refractivity (Wildman–Crippen MR) is 100 cm³/mol. The van der Waals surface area contributed by atoms with Gasteiger partial charge in [-0.3, -0.25) is 9.59 Å². The normalized spacial score (nSPS) is 10.6. The Morgan fingerprint density at radius 2 is 1.77 bits per heavy atom. The second-order valence-electron chi connectivity index (χ2n) is 6.21. The molecule has 1 aromatic heterocycles. The van der Waals surface area contributed by atoms with Crippen LogP contribution < -0.4 is 10.9 Å². The minimum Gasteiger partial charge on any atom is -0.322 e. The Balaban J connectivity index is 1.84. The fourth-order valence-corrected chi connectivity index (χ4v) is 2.66. The average Bonchev–Trinajstić information content (AvgIpc) is 2.62. The SMILES string of the molecule is Cc1cccc(NC(=O)c2ccc(=O)n(Cc3ccc(F)cc3)c2)c1C. The number of rotatable bonds is 4. The zero-order valence-corrected chi connectivity index (χ0v) is 14.6. The molecule has 132 valence electrons. The molecule has 3 aromatic rings. The second-order valence-corrected chi connectivity index (χ2v) is 6.21. The molecule has 0 aliphatic heterocycles. The molecule has 3 rings (SSSR count). The van der Waals surface area contributed by atoms with E-state index < -0.39 is 0 Å². The lowest BCUT2D eigenvalue weighted by molar-refractivity contribution is 0.102. The van der Waals surface area contributed by atoms with Crippen LogP contribution >= 0.6 is 0 Å². The minimum atomic E-state index is -0.331. The Morgan fingerprint density at radius 1 is 1.04 bits per heavy atom. The van der Waals surface area contributed by atoms with Crippen molar-refractivity contribution in [2.45, 2.75) is 20.4 Å². The van der Waals surface area contributed by atoms with E-state index in [1.165, 1.54) is 35.0 Å². The molecular weight excluding hydrogens is 331 g/mol. The van der Waals surface area contributed by atoms with Gasteiger partial charge < -0.3 is 9.88 Å². The highest BCUT2D eigenvalue weighted by molar-refractivity contribution is 6.04. The maximum atomic E-state index is 13.0. The van der Waals surface area contributed by atoms with E-state index >= 15 is 0 Å². The first-order valence-corrected chi connectivity index (χ1v) is 8.26. The first-order chi connectivity index (χ1) is 12.4. The van der Waals surface area contributed by atoms with Gasteiger partial charge in [0.25, 0.3) is 11.5 Å². The highest BCUT2D eigenvalue weighted by Crippen LogP contribution is 2.18. The van der Waals surface area contributed by atoms with Crippen molar-refractivity contribution < 1.29 is 9.18 Å². The van der Waals surface area contributed by atoms with E-state index in [1.54, 1.807) is 12.1 Å². The molecule has 0 unspecified atom stereocenters. The molecule has 4 nitrogen and oxygen atoms in total. The second kappa shape index (κ2) is 7.35. The maximum absolute atomic E-state index is 13.0. The van der Waals surface area contributed by atoms with Gasteiger partial charge >= 0.3 is 0 Å². The number of amides is 1. The topological polar surface area (TPSA) is 51.1 Å². The number of hydrogen-bond acceptors (Lipinski definition) is 2. The van der Waals surface area contributed by atoms with E-state index in [0.717, 1.165) is 22.4 Å². The van der Waals surface area contributed by atoms with Gasteiger partial charge in [0.05, 0.1) is 12.1 Å². The maximum Gasteiger partial charge on any atom is 0.257 e. The molecule has 1 N–H and O–H groups in total. The van der Waals surface area contributed by atoms with Crippen LogP contribution in [0.15, 0.2) is 65.6 Å².